The number of para-hydroxylation sites is 1. The number of anilines is 2. The van der Waals surface area contributed by atoms with Crippen LogP contribution in [0.25, 0.3) is 0 Å². The number of rotatable bonds is 5. The lowest BCUT2D eigenvalue weighted by Crippen LogP contribution is -2.19. The van der Waals surface area contributed by atoms with E-state index in [-0.39, 0.29) is 31.9 Å². The van der Waals surface area contributed by atoms with E-state index in [2.05, 4.69) is 10.0 Å². The molecule has 3 aromatic carbocycles. The molecule has 0 spiro atoms. The van der Waals surface area contributed by atoms with E-state index in [1.165, 1.54) is 30.3 Å². The lowest BCUT2D eigenvalue weighted by molar-refractivity contribution is -0.137. The molecular formula is C21H15Cl2F3N2O3S. The second kappa shape index (κ2) is 9.01. The van der Waals surface area contributed by atoms with Gasteiger partial charge in [-0.1, -0.05) is 47.0 Å². The van der Waals surface area contributed by atoms with Crippen molar-refractivity contribution >= 4 is 50.5 Å². The van der Waals surface area contributed by atoms with Crippen molar-refractivity contribution in [3.63, 3.8) is 0 Å². The summed E-state index contributed by atoms with van der Waals surface area (Å²) in [5.41, 5.74) is -0.540. The number of sulfonamides is 1. The highest BCUT2D eigenvalue weighted by Gasteiger charge is 2.31. The molecule has 5 nitrogen and oxygen atoms in total. The molecule has 0 saturated carbocycles. The molecule has 0 saturated heterocycles. The van der Waals surface area contributed by atoms with Gasteiger partial charge in [0.15, 0.2) is 0 Å². The number of benzene rings is 3. The highest BCUT2D eigenvalue weighted by Crippen LogP contribution is 2.35. The zero-order valence-electron chi connectivity index (χ0n) is 16.3. The summed E-state index contributed by atoms with van der Waals surface area (Å²) in [5.74, 6) is -0.823. The highest BCUT2D eigenvalue weighted by molar-refractivity contribution is 7.92. The highest BCUT2D eigenvalue weighted by atomic mass is 35.5. The number of halogens is 5. The number of alkyl halides is 3. The number of nitrogens with one attached hydrogen (secondary N) is 2. The van der Waals surface area contributed by atoms with Crippen LogP contribution in [0.3, 0.4) is 0 Å². The predicted octanol–water partition coefficient (Wildman–Crippen LogP) is 6.37. The van der Waals surface area contributed by atoms with Crippen LogP contribution in [-0.2, 0) is 16.2 Å². The molecular weight excluding hydrogens is 488 g/mol. The number of carbonyl (C=O) groups is 1. The van der Waals surface area contributed by atoms with Crippen LogP contribution in [0.15, 0.2) is 65.6 Å². The fourth-order valence-corrected chi connectivity index (χ4v) is 4.32. The Morgan fingerprint density at radius 1 is 0.938 bits per heavy atom. The van der Waals surface area contributed by atoms with Gasteiger partial charge in [0.2, 0.25) is 0 Å². The van der Waals surface area contributed by atoms with E-state index in [4.69, 9.17) is 23.2 Å². The molecule has 0 aromatic heterocycles. The molecule has 2 N–H and O–H groups in total. The van der Waals surface area contributed by atoms with Gasteiger partial charge in [0, 0.05) is 0 Å². The van der Waals surface area contributed by atoms with Crippen LogP contribution in [0.1, 0.15) is 21.5 Å². The van der Waals surface area contributed by atoms with E-state index in [1.54, 1.807) is 19.1 Å². The van der Waals surface area contributed by atoms with Gasteiger partial charge in [-0.15, -0.1) is 0 Å². The van der Waals surface area contributed by atoms with Crippen LogP contribution in [-0.4, -0.2) is 14.3 Å². The van der Waals surface area contributed by atoms with Gasteiger partial charge in [-0.25, -0.2) is 8.42 Å². The maximum Gasteiger partial charge on any atom is 0.416 e. The van der Waals surface area contributed by atoms with Gasteiger partial charge in [-0.05, 0) is 49.4 Å². The van der Waals surface area contributed by atoms with Crippen molar-refractivity contribution in [1.82, 2.24) is 0 Å². The lowest BCUT2D eigenvalue weighted by Gasteiger charge is -2.15. The van der Waals surface area contributed by atoms with Gasteiger partial charge in [0.25, 0.3) is 15.9 Å². The van der Waals surface area contributed by atoms with Crippen molar-refractivity contribution in [2.24, 2.45) is 0 Å². The van der Waals surface area contributed by atoms with Crippen molar-refractivity contribution in [2.75, 3.05) is 10.0 Å². The number of aryl methyl sites for hydroxylation is 1. The summed E-state index contributed by atoms with van der Waals surface area (Å²) < 4.78 is 66.3. The molecule has 0 fully saturated rings. The average Bonchev–Trinajstić information content (AvgIpc) is 2.70. The minimum atomic E-state index is -4.60. The van der Waals surface area contributed by atoms with Crippen LogP contribution < -0.4 is 10.0 Å². The summed E-state index contributed by atoms with van der Waals surface area (Å²) in [6, 6.07) is 12.6. The fourth-order valence-electron chi connectivity index (χ4n) is 2.71. The molecule has 0 bridgehead atoms. The molecule has 0 radical (unpaired) electrons. The van der Waals surface area contributed by atoms with E-state index in [9.17, 15) is 26.4 Å². The maximum absolute atomic E-state index is 12.8. The number of hydrogen-bond donors (Lipinski definition) is 2. The first kappa shape index (κ1) is 23.9. The van der Waals surface area contributed by atoms with Crippen molar-refractivity contribution in [2.45, 2.75) is 18.0 Å². The molecule has 168 valence electrons. The van der Waals surface area contributed by atoms with Crippen LogP contribution in [0.2, 0.25) is 10.0 Å². The quantitative estimate of drug-likeness (QED) is 0.425. The normalized spacial score (nSPS) is 11.8. The SMILES string of the molecule is Cc1ccc(S(=O)(=O)Nc2c(Cl)cccc2C(=O)Nc2ccc(C(F)(F)F)cc2Cl)cc1. The minimum Gasteiger partial charge on any atom is -0.321 e. The van der Waals surface area contributed by atoms with Crippen LogP contribution in [0.5, 0.6) is 0 Å². The minimum absolute atomic E-state index is 0.0415. The Labute approximate surface area is 192 Å². The standard InChI is InChI=1S/C21H15Cl2F3N2O3S/c1-12-5-8-14(9-6-12)32(30,31)28-19-15(3-2-4-16(19)22)20(29)27-18-10-7-13(11-17(18)23)21(24,25)26/h2-11,28H,1H3,(H,27,29). The van der Waals surface area contributed by atoms with E-state index in [1.807, 2.05) is 0 Å². The zero-order chi connectivity index (χ0) is 23.7. The predicted molar refractivity (Wildman–Crippen MR) is 118 cm³/mol. The molecule has 32 heavy (non-hydrogen) atoms. The molecule has 0 aliphatic carbocycles. The fraction of sp³-hybridized carbons (Fsp3) is 0.0952. The molecule has 3 aromatic rings. The smallest absolute Gasteiger partial charge is 0.321 e. The third-order valence-electron chi connectivity index (χ3n) is 4.37. The first-order valence-electron chi connectivity index (χ1n) is 8.94. The van der Waals surface area contributed by atoms with Crippen LogP contribution >= 0.6 is 23.2 Å². The molecule has 0 aliphatic rings. The van der Waals surface area contributed by atoms with Gasteiger partial charge < -0.3 is 5.32 Å². The third-order valence-corrected chi connectivity index (χ3v) is 6.36. The van der Waals surface area contributed by atoms with Crippen molar-refractivity contribution in [1.29, 1.82) is 0 Å². The Balaban J connectivity index is 1.92. The van der Waals surface area contributed by atoms with Gasteiger partial charge in [-0.3, -0.25) is 9.52 Å². The van der Waals surface area contributed by atoms with Gasteiger partial charge >= 0.3 is 6.18 Å². The average molecular weight is 503 g/mol. The zero-order valence-corrected chi connectivity index (χ0v) is 18.6. The Hall–Kier alpha value is -2.75. The maximum atomic E-state index is 12.8. The van der Waals surface area contributed by atoms with Gasteiger partial charge in [0.1, 0.15) is 0 Å². The molecule has 3 rings (SSSR count). The Bertz CT molecular complexity index is 1280. The summed E-state index contributed by atoms with van der Waals surface area (Å²) >= 11 is 12.0. The van der Waals surface area contributed by atoms with E-state index in [0.29, 0.717) is 6.07 Å². The summed E-state index contributed by atoms with van der Waals surface area (Å²) in [5, 5.41) is 1.99. The Kier molecular flexibility index (Phi) is 6.73. The summed E-state index contributed by atoms with van der Waals surface area (Å²) in [6.07, 6.45) is -4.60. The summed E-state index contributed by atoms with van der Waals surface area (Å²) in [4.78, 5) is 12.8. The Morgan fingerprint density at radius 3 is 2.19 bits per heavy atom. The topological polar surface area (TPSA) is 75.3 Å². The number of amides is 1. The first-order chi connectivity index (χ1) is 14.9. The van der Waals surface area contributed by atoms with E-state index < -0.39 is 27.7 Å². The van der Waals surface area contributed by atoms with Crippen molar-refractivity contribution in [3.8, 4) is 0 Å². The molecule has 0 unspecified atom stereocenters. The number of carbonyl (C=O) groups excluding carboxylic acids is 1. The van der Waals surface area contributed by atoms with Crippen molar-refractivity contribution in [3.05, 3.63) is 87.4 Å². The second-order valence-corrected chi connectivity index (χ2v) is 9.22. The van der Waals surface area contributed by atoms with E-state index in [0.717, 1.165) is 17.7 Å². The summed E-state index contributed by atoms with van der Waals surface area (Å²) in [6.45, 7) is 1.80. The van der Waals surface area contributed by atoms with Gasteiger partial charge in [0.05, 0.1) is 37.4 Å². The van der Waals surface area contributed by atoms with Crippen LogP contribution in [0, 0.1) is 6.92 Å². The monoisotopic (exact) mass is 502 g/mol. The van der Waals surface area contributed by atoms with Gasteiger partial charge in [-0.2, -0.15) is 13.2 Å². The first-order valence-corrected chi connectivity index (χ1v) is 11.2. The lowest BCUT2D eigenvalue weighted by atomic mass is 10.1. The molecule has 0 heterocycles. The summed E-state index contributed by atoms with van der Waals surface area (Å²) in [7, 11) is -4.08. The Morgan fingerprint density at radius 2 is 1.59 bits per heavy atom. The largest absolute Gasteiger partial charge is 0.416 e. The molecule has 0 atom stereocenters. The molecule has 0 aliphatic heterocycles. The molecule has 1 amide bonds. The van der Waals surface area contributed by atoms with Crippen molar-refractivity contribution < 1.29 is 26.4 Å². The number of hydrogen-bond acceptors (Lipinski definition) is 3. The third kappa shape index (κ3) is 5.35. The van der Waals surface area contributed by atoms with Crippen LogP contribution in [0.4, 0.5) is 24.5 Å². The van der Waals surface area contributed by atoms with E-state index >= 15 is 0 Å². The molecule has 11 heteroatoms. The second-order valence-electron chi connectivity index (χ2n) is 6.73.